The molecule has 4 aromatic rings. The third-order valence-electron chi connectivity index (χ3n) is 7.79. The second-order valence-corrected chi connectivity index (χ2v) is 12.0. The monoisotopic (exact) mass is 615 g/mol. The molecule has 0 aliphatic heterocycles. The minimum absolute atomic E-state index is 0.133. The Morgan fingerprint density at radius 3 is 2.32 bits per heavy atom. The molecule has 234 valence electrons. The number of thiophene rings is 1. The fourth-order valence-electron chi connectivity index (χ4n) is 5.41. The summed E-state index contributed by atoms with van der Waals surface area (Å²) in [6, 6.07) is 19.4. The van der Waals surface area contributed by atoms with Crippen LogP contribution < -0.4 is 0 Å². The Balaban J connectivity index is 1.45. The molecule has 2 aromatic heterocycles. The quantitative estimate of drug-likeness (QED) is 0.0632. The normalized spacial score (nSPS) is 11.8. The summed E-state index contributed by atoms with van der Waals surface area (Å²) in [6.07, 6.45) is 12.8. The van der Waals surface area contributed by atoms with E-state index in [0.29, 0.717) is 18.1 Å². The first kappa shape index (κ1) is 33.1. The summed E-state index contributed by atoms with van der Waals surface area (Å²) in [5.74, 6) is -0.340. The van der Waals surface area contributed by atoms with Crippen LogP contribution in [0.3, 0.4) is 0 Å². The van der Waals surface area contributed by atoms with Crippen LogP contribution in [-0.2, 0) is 33.7 Å². The Hall–Kier alpha value is -3.78. The van der Waals surface area contributed by atoms with Crippen molar-refractivity contribution in [3.63, 3.8) is 0 Å². The molecule has 0 bridgehead atoms. The third kappa shape index (κ3) is 10.2. The van der Waals surface area contributed by atoms with Crippen molar-refractivity contribution in [2.75, 3.05) is 6.61 Å². The molecule has 0 saturated carbocycles. The van der Waals surface area contributed by atoms with Crippen molar-refractivity contribution < 1.29 is 18.8 Å². The van der Waals surface area contributed by atoms with Crippen LogP contribution in [0.15, 0.2) is 75.9 Å². The lowest BCUT2D eigenvalue weighted by molar-refractivity contribution is -0.161. The zero-order valence-corrected chi connectivity index (χ0v) is 26.9. The summed E-state index contributed by atoms with van der Waals surface area (Å²) in [4.78, 5) is 32.6. The van der Waals surface area contributed by atoms with Crippen molar-refractivity contribution in [2.24, 2.45) is 0 Å². The van der Waals surface area contributed by atoms with Gasteiger partial charge in [0, 0.05) is 18.5 Å². The lowest BCUT2D eigenvalue weighted by Gasteiger charge is -2.31. The van der Waals surface area contributed by atoms with Gasteiger partial charge in [-0.05, 0) is 65.4 Å². The van der Waals surface area contributed by atoms with Crippen molar-refractivity contribution in [3.05, 3.63) is 93.9 Å². The van der Waals surface area contributed by atoms with Gasteiger partial charge in [-0.15, -0.1) is 0 Å². The first-order chi connectivity index (χ1) is 21.6. The van der Waals surface area contributed by atoms with Crippen LogP contribution >= 0.6 is 11.3 Å². The number of aromatic nitrogens is 2. The van der Waals surface area contributed by atoms with Crippen molar-refractivity contribution in [3.8, 4) is 11.5 Å². The SMILES string of the molecule is CCCCCCCCCCCc1noc(-c2cccc(CN(C(=O)C(=O)OCC)C(Cc3ccccc3)c3ccsc3)c2)n1. The maximum atomic E-state index is 13.6. The van der Waals surface area contributed by atoms with Gasteiger partial charge in [0.15, 0.2) is 5.82 Å². The van der Waals surface area contributed by atoms with Gasteiger partial charge in [0.1, 0.15) is 0 Å². The molecular weight excluding hydrogens is 570 g/mol. The van der Waals surface area contributed by atoms with Gasteiger partial charge in [-0.2, -0.15) is 16.3 Å². The van der Waals surface area contributed by atoms with Crippen LogP contribution in [0.5, 0.6) is 0 Å². The molecule has 0 N–H and O–H groups in total. The van der Waals surface area contributed by atoms with E-state index in [0.717, 1.165) is 35.1 Å². The topological polar surface area (TPSA) is 85.5 Å². The molecule has 7 nitrogen and oxygen atoms in total. The Labute approximate surface area is 265 Å². The number of hydrogen-bond donors (Lipinski definition) is 0. The Morgan fingerprint density at radius 1 is 0.886 bits per heavy atom. The number of hydrogen-bond acceptors (Lipinski definition) is 7. The van der Waals surface area contributed by atoms with Crippen molar-refractivity contribution in [2.45, 2.75) is 97.1 Å². The number of unbranched alkanes of at least 4 members (excludes halogenated alkanes) is 8. The summed E-state index contributed by atoms with van der Waals surface area (Å²) in [5.41, 5.74) is 3.69. The second kappa shape index (κ2) is 18.1. The minimum atomic E-state index is -0.852. The molecule has 8 heteroatoms. The Kier molecular flexibility index (Phi) is 13.6. The van der Waals surface area contributed by atoms with E-state index >= 15 is 0 Å². The lowest BCUT2D eigenvalue weighted by Crippen LogP contribution is -2.40. The van der Waals surface area contributed by atoms with Crippen LogP contribution in [0.4, 0.5) is 0 Å². The van der Waals surface area contributed by atoms with Crippen LogP contribution in [-0.4, -0.2) is 33.5 Å². The van der Waals surface area contributed by atoms with E-state index < -0.39 is 11.9 Å². The predicted molar refractivity (Wildman–Crippen MR) is 175 cm³/mol. The smallest absolute Gasteiger partial charge is 0.397 e. The van der Waals surface area contributed by atoms with E-state index in [1.54, 1.807) is 23.2 Å². The summed E-state index contributed by atoms with van der Waals surface area (Å²) in [7, 11) is 0. The van der Waals surface area contributed by atoms with E-state index in [2.05, 4.69) is 17.1 Å². The summed E-state index contributed by atoms with van der Waals surface area (Å²) < 4.78 is 10.8. The number of aryl methyl sites for hydroxylation is 1. The van der Waals surface area contributed by atoms with Gasteiger partial charge in [-0.1, -0.05) is 106 Å². The van der Waals surface area contributed by atoms with Crippen LogP contribution in [0.25, 0.3) is 11.5 Å². The summed E-state index contributed by atoms with van der Waals surface area (Å²) in [6.45, 7) is 4.31. The second-order valence-electron chi connectivity index (χ2n) is 11.2. The van der Waals surface area contributed by atoms with Gasteiger partial charge in [-0.3, -0.25) is 4.79 Å². The van der Waals surface area contributed by atoms with Gasteiger partial charge in [0.05, 0.1) is 12.6 Å². The van der Waals surface area contributed by atoms with E-state index in [-0.39, 0.29) is 19.2 Å². The van der Waals surface area contributed by atoms with Crippen LogP contribution in [0.1, 0.15) is 100 Å². The predicted octanol–water partition coefficient (Wildman–Crippen LogP) is 8.75. The summed E-state index contributed by atoms with van der Waals surface area (Å²) in [5, 5.41) is 8.24. The molecular formula is C36H45N3O4S. The van der Waals surface area contributed by atoms with E-state index in [1.165, 1.54) is 51.4 Å². The van der Waals surface area contributed by atoms with Gasteiger partial charge < -0.3 is 14.2 Å². The average molecular weight is 616 g/mol. The van der Waals surface area contributed by atoms with Crippen molar-refractivity contribution in [1.29, 1.82) is 0 Å². The molecule has 1 atom stereocenters. The first-order valence-electron chi connectivity index (χ1n) is 16.0. The molecule has 2 heterocycles. The highest BCUT2D eigenvalue weighted by Gasteiger charge is 2.31. The minimum Gasteiger partial charge on any atom is -0.459 e. The van der Waals surface area contributed by atoms with E-state index in [4.69, 9.17) is 9.26 Å². The molecule has 1 amide bonds. The van der Waals surface area contributed by atoms with Gasteiger partial charge in [-0.25, -0.2) is 4.79 Å². The highest BCUT2D eigenvalue weighted by Crippen LogP contribution is 2.30. The molecule has 0 aliphatic rings. The standard InChI is InChI=1S/C36H45N3O4S/c1-3-5-6-7-8-9-10-11-15-21-33-37-34(43-38-33)30-20-16-19-29(24-30)26-39(35(40)36(41)42-4-2)32(31-22-23-44-27-31)25-28-17-13-12-14-18-28/h12-14,16-20,22-24,27,32H,3-11,15,21,25-26H2,1-2H3. The molecule has 0 saturated heterocycles. The van der Waals surface area contributed by atoms with Crippen LogP contribution in [0.2, 0.25) is 0 Å². The number of carbonyl (C=O) groups is 2. The number of nitrogens with zero attached hydrogens (tertiary/aromatic N) is 3. The van der Waals surface area contributed by atoms with Gasteiger partial charge in [0.2, 0.25) is 0 Å². The number of amides is 1. The number of benzene rings is 2. The fourth-order valence-corrected chi connectivity index (χ4v) is 6.12. The van der Waals surface area contributed by atoms with E-state index in [9.17, 15) is 9.59 Å². The maximum Gasteiger partial charge on any atom is 0.397 e. The number of ether oxygens (including phenoxy) is 1. The number of esters is 1. The average Bonchev–Trinajstić information content (AvgIpc) is 3.76. The molecule has 0 fully saturated rings. The first-order valence-corrected chi connectivity index (χ1v) is 17.0. The van der Waals surface area contributed by atoms with Crippen molar-refractivity contribution >= 4 is 23.2 Å². The highest BCUT2D eigenvalue weighted by atomic mass is 32.1. The lowest BCUT2D eigenvalue weighted by atomic mass is 9.98. The maximum absolute atomic E-state index is 13.6. The summed E-state index contributed by atoms with van der Waals surface area (Å²) >= 11 is 1.57. The molecule has 0 radical (unpaired) electrons. The molecule has 1 unspecified atom stereocenters. The zero-order valence-electron chi connectivity index (χ0n) is 26.1. The molecule has 0 spiro atoms. The molecule has 2 aromatic carbocycles. The molecule has 0 aliphatic carbocycles. The van der Waals surface area contributed by atoms with Crippen molar-refractivity contribution in [1.82, 2.24) is 15.0 Å². The molecule has 44 heavy (non-hydrogen) atoms. The Bertz CT molecular complexity index is 1400. The van der Waals surface area contributed by atoms with Gasteiger partial charge >= 0.3 is 11.9 Å². The number of carbonyl (C=O) groups excluding carboxylic acids is 2. The largest absolute Gasteiger partial charge is 0.459 e. The highest BCUT2D eigenvalue weighted by molar-refractivity contribution is 7.08. The third-order valence-corrected chi connectivity index (χ3v) is 8.49. The number of rotatable bonds is 18. The van der Waals surface area contributed by atoms with Gasteiger partial charge in [0.25, 0.3) is 5.89 Å². The van der Waals surface area contributed by atoms with Crippen LogP contribution in [0, 0.1) is 0 Å². The molecule has 4 rings (SSSR count). The zero-order chi connectivity index (χ0) is 31.0. The fraction of sp³-hybridized carbons (Fsp3) is 0.444. The van der Waals surface area contributed by atoms with E-state index in [1.807, 2.05) is 71.4 Å². The Morgan fingerprint density at radius 2 is 1.61 bits per heavy atom.